The number of nitrogens with one attached hydrogen (secondary N) is 2. The van der Waals surface area contributed by atoms with Crippen molar-refractivity contribution in [3.63, 3.8) is 0 Å². The van der Waals surface area contributed by atoms with Gasteiger partial charge in [0.1, 0.15) is 0 Å². The number of fused-ring (bicyclic) bond motifs is 1. The molecule has 1 heterocycles. The first-order chi connectivity index (χ1) is 10.7. The number of rotatable bonds is 3. The van der Waals surface area contributed by atoms with Crippen molar-refractivity contribution < 1.29 is 4.79 Å². The number of amides is 2. The fourth-order valence-electron chi connectivity index (χ4n) is 2.20. The number of pyridine rings is 1. The first-order valence-corrected chi connectivity index (χ1v) is 7.23. The number of nitrogens with zero attached hydrogens (tertiary/aromatic N) is 1. The Morgan fingerprint density at radius 2 is 1.82 bits per heavy atom. The second kappa shape index (κ2) is 6.45. The van der Waals surface area contributed by atoms with Crippen LogP contribution in [0.2, 0.25) is 5.02 Å². The Balaban J connectivity index is 1.66. The van der Waals surface area contributed by atoms with E-state index in [0.717, 1.165) is 16.5 Å². The number of hydrogen-bond donors (Lipinski definition) is 2. The van der Waals surface area contributed by atoms with Gasteiger partial charge in [-0.1, -0.05) is 35.9 Å². The first kappa shape index (κ1) is 14.4. The fourth-order valence-corrected chi connectivity index (χ4v) is 2.32. The molecule has 3 rings (SSSR count). The Labute approximate surface area is 133 Å². The lowest BCUT2D eigenvalue weighted by Crippen LogP contribution is -2.28. The minimum absolute atomic E-state index is 0.281. The third kappa shape index (κ3) is 3.35. The maximum Gasteiger partial charge on any atom is 0.319 e. The lowest BCUT2D eigenvalue weighted by Gasteiger charge is -2.09. The van der Waals surface area contributed by atoms with Crippen LogP contribution >= 0.6 is 11.6 Å². The lowest BCUT2D eigenvalue weighted by atomic mass is 10.1. The number of halogens is 1. The summed E-state index contributed by atoms with van der Waals surface area (Å²) in [6.45, 7) is 0.362. The van der Waals surface area contributed by atoms with Gasteiger partial charge in [0, 0.05) is 22.3 Å². The van der Waals surface area contributed by atoms with Crippen LogP contribution in [0.15, 0.2) is 60.8 Å². The number of aromatic nitrogens is 1. The summed E-state index contributed by atoms with van der Waals surface area (Å²) in [6.07, 6.45) is 1.75. The summed E-state index contributed by atoms with van der Waals surface area (Å²) >= 11 is 5.81. The monoisotopic (exact) mass is 311 g/mol. The Morgan fingerprint density at radius 3 is 2.64 bits per heavy atom. The van der Waals surface area contributed by atoms with E-state index in [2.05, 4.69) is 15.6 Å². The number of carbonyl (C=O) groups excluding carboxylic acids is 1. The summed E-state index contributed by atoms with van der Waals surface area (Å²) < 4.78 is 0. The molecule has 2 amide bonds. The van der Waals surface area contributed by atoms with Gasteiger partial charge < -0.3 is 10.6 Å². The van der Waals surface area contributed by atoms with Crippen LogP contribution < -0.4 is 10.6 Å². The third-order valence-corrected chi connectivity index (χ3v) is 3.53. The van der Waals surface area contributed by atoms with Crippen LogP contribution in [0.1, 0.15) is 5.69 Å². The number of benzene rings is 2. The van der Waals surface area contributed by atoms with Crippen molar-refractivity contribution in [2.45, 2.75) is 6.54 Å². The molecule has 1 aromatic heterocycles. The molecule has 0 bridgehead atoms. The van der Waals surface area contributed by atoms with E-state index < -0.39 is 0 Å². The van der Waals surface area contributed by atoms with Gasteiger partial charge in [0.05, 0.1) is 12.2 Å². The van der Waals surface area contributed by atoms with Crippen molar-refractivity contribution in [3.8, 4) is 0 Å². The molecule has 5 heteroatoms. The maximum atomic E-state index is 11.9. The fraction of sp³-hybridized carbons (Fsp3) is 0.0588. The minimum atomic E-state index is -0.281. The predicted octanol–water partition coefficient (Wildman–Crippen LogP) is 4.21. The van der Waals surface area contributed by atoms with E-state index in [4.69, 9.17) is 11.6 Å². The molecule has 22 heavy (non-hydrogen) atoms. The van der Waals surface area contributed by atoms with Crippen molar-refractivity contribution in [2.75, 3.05) is 5.32 Å². The Kier molecular flexibility index (Phi) is 4.21. The molecule has 2 aromatic carbocycles. The van der Waals surface area contributed by atoms with Crippen molar-refractivity contribution in [1.82, 2.24) is 10.3 Å². The molecule has 0 aliphatic heterocycles. The minimum Gasteiger partial charge on any atom is -0.332 e. The molecular formula is C17H14ClN3O. The molecule has 2 N–H and O–H groups in total. The highest BCUT2D eigenvalue weighted by atomic mass is 35.5. The Bertz CT molecular complexity index is 797. The first-order valence-electron chi connectivity index (χ1n) is 6.85. The highest BCUT2D eigenvalue weighted by molar-refractivity contribution is 6.30. The molecule has 0 unspecified atom stereocenters. The summed E-state index contributed by atoms with van der Waals surface area (Å²) in [6, 6.07) is 16.6. The summed E-state index contributed by atoms with van der Waals surface area (Å²) in [5, 5.41) is 8.33. The van der Waals surface area contributed by atoms with Gasteiger partial charge in [0.15, 0.2) is 0 Å². The predicted molar refractivity (Wildman–Crippen MR) is 89.1 cm³/mol. The average Bonchev–Trinajstić information content (AvgIpc) is 2.55. The van der Waals surface area contributed by atoms with E-state index in [1.165, 1.54) is 0 Å². The highest BCUT2D eigenvalue weighted by Gasteiger charge is 2.05. The van der Waals surface area contributed by atoms with E-state index in [0.29, 0.717) is 17.3 Å². The van der Waals surface area contributed by atoms with Gasteiger partial charge in [-0.3, -0.25) is 4.98 Å². The Morgan fingerprint density at radius 1 is 1.05 bits per heavy atom. The maximum absolute atomic E-state index is 11.9. The second-order valence-electron chi connectivity index (χ2n) is 4.79. The van der Waals surface area contributed by atoms with E-state index >= 15 is 0 Å². The largest absolute Gasteiger partial charge is 0.332 e. The SMILES string of the molecule is O=C(NCc1nccc2ccccc12)Nc1ccc(Cl)cc1. The van der Waals surface area contributed by atoms with Crippen LogP contribution in [0, 0.1) is 0 Å². The van der Waals surface area contributed by atoms with Gasteiger partial charge in [-0.15, -0.1) is 0 Å². The van der Waals surface area contributed by atoms with E-state index in [1.54, 1.807) is 30.5 Å². The van der Waals surface area contributed by atoms with Crippen molar-refractivity contribution >= 4 is 34.1 Å². The van der Waals surface area contributed by atoms with Crippen LogP contribution in [0.4, 0.5) is 10.5 Å². The number of anilines is 1. The molecule has 0 aliphatic rings. The van der Waals surface area contributed by atoms with E-state index in [9.17, 15) is 4.79 Å². The standard InChI is InChI=1S/C17H14ClN3O/c18-13-5-7-14(8-6-13)21-17(22)20-11-16-15-4-2-1-3-12(15)9-10-19-16/h1-10H,11H2,(H2,20,21,22). The van der Waals surface area contributed by atoms with Crippen LogP contribution in [0.3, 0.4) is 0 Å². The van der Waals surface area contributed by atoms with Crippen LogP contribution in [0.5, 0.6) is 0 Å². The van der Waals surface area contributed by atoms with E-state index in [-0.39, 0.29) is 6.03 Å². The summed E-state index contributed by atoms with van der Waals surface area (Å²) in [7, 11) is 0. The second-order valence-corrected chi connectivity index (χ2v) is 5.23. The molecule has 0 aliphatic carbocycles. The van der Waals surface area contributed by atoms with Crippen LogP contribution in [-0.4, -0.2) is 11.0 Å². The number of carbonyl (C=O) groups is 1. The molecule has 0 fully saturated rings. The third-order valence-electron chi connectivity index (χ3n) is 3.27. The topological polar surface area (TPSA) is 54.0 Å². The van der Waals surface area contributed by atoms with Gasteiger partial charge in [-0.05, 0) is 35.7 Å². The zero-order chi connectivity index (χ0) is 15.4. The molecular weight excluding hydrogens is 298 g/mol. The van der Waals surface area contributed by atoms with Gasteiger partial charge in [-0.25, -0.2) is 4.79 Å². The lowest BCUT2D eigenvalue weighted by molar-refractivity contribution is 0.251. The van der Waals surface area contributed by atoms with Crippen molar-refractivity contribution in [2.24, 2.45) is 0 Å². The van der Waals surface area contributed by atoms with Gasteiger partial charge in [0.25, 0.3) is 0 Å². The van der Waals surface area contributed by atoms with Crippen molar-refractivity contribution in [1.29, 1.82) is 0 Å². The van der Waals surface area contributed by atoms with Crippen LogP contribution in [0.25, 0.3) is 10.8 Å². The average molecular weight is 312 g/mol. The quantitative estimate of drug-likeness (QED) is 0.761. The normalized spacial score (nSPS) is 10.4. The zero-order valence-corrected chi connectivity index (χ0v) is 12.5. The molecule has 0 radical (unpaired) electrons. The smallest absolute Gasteiger partial charge is 0.319 e. The highest BCUT2D eigenvalue weighted by Crippen LogP contribution is 2.16. The number of urea groups is 1. The van der Waals surface area contributed by atoms with Gasteiger partial charge in [0.2, 0.25) is 0 Å². The van der Waals surface area contributed by atoms with Crippen molar-refractivity contribution in [3.05, 3.63) is 71.5 Å². The molecule has 3 aromatic rings. The van der Waals surface area contributed by atoms with E-state index in [1.807, 2.05) is 30.3 Å². The molecule has 0 saturated carbocycles. The summed E-state index contributed by atoms with van der Waals surface area (Å²) in [5.74, 6) is 0. The molecule has 0 spiro atoms. The molecule has 4 nitrogen and oxygen atoms in total. The summed E-state index contributed by atoms with van der Waals surface area (Å²) in [4.78, 5) is 16.3. The molecule has 0 saturated heterocycles. The number of hydrogen-bond acceptors (Lipinski definition) is 2. The van der Waals surface area contributed by atoms with Gasteiger partial charge >= 0.3 is 6.03 Å². The van der Waals surface area contributed by atoms with Crippen LogP contribution in [-0.2, 0) is 6.54 Å². The zero-order valence-electron chi connectivity index (χ0n) is 11.7. The molecule has 0 atom stereocenters. The molecule has 110 valence electrons. The Hall–Kier alpha value is -2.59. The van der Waals surface area contributed by atoms with Gasteiger partial charge in [-0.2, -0.15) is 0 Å². The summed E-state index contributed by atoms with van der Waals surface area (Å²) in [5.41, 5.74) is 1.53.